The molecule has 1 aliphatic carbocycles. The van der Waals surface area contributed by atoms with Gasteiger partial charge in [-0.15, -0.1) is 0 Å². The molecule has 0 aromatic rings. The van der Waals surface area contributed by atoms with Crippen LogP contribution in [0.3, 0.4) is 0 Å². The average Bonchev–Trinajstić information content (AvgIpc) is 2.46. The monoisotopic (exact) mass is 154 g/mol. The third-order valence-electron chi connectivity index (χ3n) is 3.48. The normalized spacial score (nSPS) is 37.1. The molecule has 0 unspecified atom stereocenters. The van der Waals surface area contributed by atoms with Gasteiger partial charge in [0.1, 0.15) is 0 Å². The molecule has 2 nitrogen and oxygen atoms in total. The maximum absolute atomic E-state index is 5.87. The van der Waals surface area contributed by atoms with E-state index in [4.69, 9.17) is 5.84 Å². The first-order valence-electron chi connectivity index (χ1n) is 4.73. The summed E-state index contributed by atoms with van der Waals surface area (Å²) in [6.45, 7) is 3.39. The first-order valence-corrected chi connectivity index (χ1v) is 4.73. The number of hydrogen-bond acceptors (Lipinski definition) is 2. The molecule has 64 valence electrons. The molecule has 2 rings (SSSR count). The standard InChI is InChI=1S/C9H18N2/c1-8-6-9(7-11(8)10)4-2-3-5-9/h8H,2-7,10H2,1H3/t8-/m1/s1. The summed E-state index contributed by atoms with van der Waals surface area (Å²) in [5.41, 5.74) is 0.633. The molecule has 2 N–H and O–H groups in total. The minimum atomic E-state index is 0.619. The van der Waals surface area contributed by atoms with Crippen molar-refractivity contribution in [2.75, 3.05) is 6.54 Å². The quantitative estimate of drug-likeness (QED) is 0.536. The first-order chi connectivity index (χ1) is 5.22. The molecule has 0 bridgehead atoms. The predicted molar refractivity (Wildman–Crippen MR) is 45.9 cm³/mol. The third kappa shape index (κ3) is 1.18. The highest BCUT2D eigenvalue weighted by Gasteiger charge is 2.42. The molecule has 1 saturated heterocycles. The molecule has 2 fully saturated rings. The van der Waals surface area contributed by atoms with Crippen molar-refractivity contribution < 1.29 is 0 Å². The maximum Gasteiger partial charge on any atom is 0.0218 e. The topological polar surface area (TPSA) is 29.3 Å². The Hall–Kier alpha value is -0.0800. The highest BCUT2D eigenvalue weighted by atomic mass is 15.4. The van der Waals surface area contributed by atoms with Crippen molar-refractivity contribution in [1.29, 1.82) is 0 Å². The van der Waals surface area contributed by atoms with Crippen molar-refractivity contribution in [3.8, 4) is 0 Å². The number of nitrogens with zero attached hydrogens (tertiary/aromatic N) is 1. The van der Waals surface area contributed by atoms with Crippen LogP contribution in [0.25, 0.3) is 0 Å². The van der Waals surface area contributed by atoms with Crippen LogP contribution < -0.4 is 5.84 Å². The zero-order valence-corrected chi connectivity index (χ0v) is 7.34. The van der Waals surface area contributed by atoms with Gasteiger partial charge in [-0.1, -0.05) is 12.8 Å². The molecular formula is C9H18N2. The lowest BCUT2D eigenvalue weighted by molar-refractivity contribution is 0.246. The lowest BCUT2D eigenvalue weighted by atomic mass is 9.84. The molecule has 11 heavy (non-hydrogen) atoms. The molecule has 2 aliphatic rings. The number of hydrazine groups is 1. The SMILES string of the molecule is C[C@@H]1CC2(CCCC2)CN1N. The van der Waals surface area contributed by atoms with E-state index < -0.39 is 0 Å². The molecule has 1 saturated carbocycles. The number of nitrogens with two attached hydrogens (primary N) is 1. The van der Waals surface area contributed by atoms with E-state index >= 15 is 0 Å². The van der Waals surface area contributed by atoms with E-state index in [0.29, 0.717) is 11.5 Å². The van der Waals surface area contributed by atoms with Gasteiger partial charge >= 0.3 is 0 Å². The van der Waals surface area contributed by atoms with Crippen molar-refractivity contribution in [3.05, 3.63) is 0 Å². The Morgan fingerprint density at radius 2 is 2.00 bits per heavy atom. The van der Waals surface area contributed by atoms with Gasteiger partial charge in [0.25, 0.3) is 0 Å². The van der Waals surface area contributed by atoms with Crippen LogP contribution in [-0.4, -0.2) is 17.6 Å². The second-order valence-corrected chi connectivity index (χ2v) is 4.43. The fourth-order valence-corrected chi connectivity index (χ4v) is 2.84. The van der Waals surface area contributed by atoms with Crippen LogP contribution in [0, 0.1) is 5.41 Å². The molecule has 0 amide bonds. The summed E-state index contributed by atoms with van der Waals surface area (Å²) in [5.74, 6) is 5.87. The van der Waals surface area contributed by atoms with Gasteiger partial charge in [0.2, 0.25) is 0 Å². The summed E-state index contributed by atoms with van der Waals surface area (Å²) in [5, 5.41) is 2.03. The molecule has 1 aliphatic heterocycles. The van der Waals surface area contributed by atoms with Gasteiger partial charge in [-0.25, -0.2) is 5.01 Å². The van der Waals surface area contributed by atoms with Gasteiger partial charge in [0.05, 0.1) is 0 Å². The zero-order valence-electron chi connectivity index (χ0n) is 7.34. The van der Waals surface area contributed by atoms with Gasteiger partial charge in [0.15, 0.2) is 0 Å². The van der Waals surface area contributed by atoms with Gasteiger partial charge in [-0.05, 0) is 31.6 Å². The number of hydrogen-bond donors (Lipinski definition) is 1. The van der Waals surface area contributed by atoms with E-state index in [2.05, 4.69) is 6.92 Å². The smallest absolute Gasteiger partial charge is 0.0218 e. The summed E-state index contributed by atoms with van der Waals surface area (Å²) in [6, 6.07) is 0.619. The van der Waals surface area contributed by atoms with Crippen molar-refractivity contribution in [3.63, 3.8) is 0 Å². The van der Waals surface area contributed by atoms with Crippen LogP contribution in [0.1, 0.15) is 39.0 Å². The van der Waals surface area contributed by atoms with E-state index in [1.165, 1.54) is 32.1 Å². The second-order valence-electron chi connectivity index (χ2n) is 4.43. The summed E-state index contributed by atoms with van der Waals surface area (Å²) >= 11 is 0. The molecule has 1 spiro atoms. The molecule has 2 heteroatoms. The van der Waals surface area contributed by atoms with Gasteiger partial charge in [-0.3, -0.25) is 5.84 Å². The van der Waals surface area contributed by atoms with Crippen molar-refractivity contribution in [2.45, 2.75) is 45.1 Å². The summed E-state index contributed by atoms with van der Waals surface area (Å²) < 4.78 is 0. The van der Waals surface area contributed by atoms with Gasteiger partial charge < -0.3 is 0 Å². The minimum Gasteiger partial charge on any atom is -0.269 e. The van der Waals surface area contributed by atoms with Crippen LogP contribution in [0.2, 0.25) is 0 Å². The van der Waals surface area contributed by atoms with E-state index in [9.17, 15) is 0 Å². The Labute approximate surface area is 68.7 Å². The summed E-state index contributed by atoms with van der Waals surface area (Å²) in [4.78, 5) is 0. The highest BCUT2D eigenvalue weighted by Crippen LogP contribution is 2.46. The van der Waals surface area contributed by atoms with Crippen LogP contribution in [0.15, 0.2) is 0 Å². The average molecular weight is 154 g/mol. The Bertz CT molecular complexity index is 138. The Morgan fingerprint density at radius 3 is 2.45 bits per heavy atom. The van der Waals surface area contributed by atoms with E-state index in [1.54, 1.807) is 0 Å². The number of rotatable bonds is 0. The second kappa shape index (κ2) is 2.46. The Morgan fingerprint density at radius 1 is 1.36 bits per heavy atom. The molecule has 0 aromatic heterocycles. The van der Waals surface area contributed by atoms with Crippen molar-refractivity contribution >= 4 is 0 Å². The van der Waals surface area contributed by atoms with Gasteiger partial charge in [-0.2, -0.15) is 0 Å². The molecule has 1 heterocycles. The molecule has 1 atom stereocenters. The lowest BCUT2D eigenvalue weighted by Gasteiger charge is -2.21. The maximum atomic E-state index is 5.87. The Balaban J connectivity index is 2.06. The van der Waals surface area contributed by atoms with Crippen molar-refractivity contribution in [2.24, 2.45) is 11.3 Å². The highest BCUT2D eigenvalue weighted by molar-refractivity contribution is 4.94. The van der Waals surface area contributed by atoms with Crippen LogP contribution >= 0.6 is 0 Å². The summed E-state index contributed by atoms with van der Waals surface area (Å²) in [7, 11) is 0. The fraction of sp³-hybridized carbons (Fsp3) is 1.00. The van der Waals surface area contributed by atoms with Crippen LogP contribution in [0.4, 0.5) is 0 Å². The molecular weight excluding hydrogens is 136 g/mol. The lowest BCUT2D eigenvalue weighted by Crippen LogP contribution is -2.35. The first kappa shape index (κ1) is 7.56. The largest absolute Gasteiger partial charge is 0.269 e. The van der Waals surface area contributed by atoms with E-state index in [-0.39, 0.29) is 0 Å². The zero-order chi connectivity index (χ0) is 7.90. The molecule has 0 aromatic carbocycles. The van der Waals surface area contributed by atoms with Crippen LogP contribution in [-0.2, 0) is 0 Å². The van der Waals surface area contributed by atoms with Crippen LogP contribution in [0.5, 0.6) is 0 Å². The molecule has 0 radical (unpaired) electrons. The Kier molecular flexibility index (Phi) is 1.69. The van der Waals surface area contributed by atoms with E-state index in [0.717, 1.165) is 6.54 Å². The van der Waals surface area contributed by atoms with E-state index in [1.807, 2.05) is 5.01 Å². The predicted octanol–water partition coefficient (Wildman–Crippen LogP) is 1.51. The van der Waals surface area contributed by atoms with Crippen molar-refractivity contribution in [1.82, 2.24) is 5.01 Å². The third-order valence-corrected chi connectivity index (χ3v) is 3.48. The minimum absolute atomic E-state index is 0.619. The fourth-order valence-electron chi connectivity index (χ4n) is 2.84. The van der Waals surface area contributed by atoms with Gasteiger partial charge in [0, 0.05) is 12.6 Å². The summed E-state index contributed by atoms with van der Waals surface area (Å²) in [6.07, 6.45) is 7.04.